The standard InChI is InChI=1S/C12H22N4O3S/c1-10-11(2)19-12(14-10)9-16-5-3-15(4-6-16)7-8-20(13,17)18/h3-9H2,1-2H3,(H2,13,17,18). The highest BCUT2D eigenvalue weighted by Gasteiger charge is 2.19. The Kier molecular flexibility index (Phi) is 4.79. The monoisotopic (exact) mass is 302 g/mol. The normalized spacial score (nSPS) is 18.6. The molecule has 0 bridgehead atoms. The lowest BCUT2D eigenvalue weighted by Gasteiger charge is -2.33. The summed E-state index contributed by atoms with van der Waals surface area (Å²) in [6.07, 6.45) is 0. The van der Waals surface area contributed by atoms with Crippen molar-refractivity contribution in [1.29, 1.82) is 0 Å². The third kappa shape index (κ3) is 4.55. The lowest BCUT2D eigenvalue weighted by molar-refractivity contribution is 0.124. The van der Waals surface area contributed by atoms with Crippen LogP contribution in [0.4, 0.5) is 0 Å². The van der Waals surface area contributed by atoms with Gasteiger partial charge in [0.05, 0.1) is 18.0 Å². The van der Waals surface area contributed by atoms with Crippen molar-refractivity contribution < 1.29 is 12.8 Å². The molecule has 0 radical (unpaired) electrons. The van der Waals surface area contributed by atoms with Gasteiger partial charge in [-0.3, -0.25) is 9.80 Å². The molecule has 0 unspecified atom stereocenters. The molecule has 1 aromatic heterocycles. The van der Waals surface area contributed by atoms with Gasteiger partial charge in [0.1, 0.15) is 5.76 Å². The van der Waals surface area contributed by atoms with Gasteiger partial charge in [-0.1, -0.05) is 0 Å². The summed E-state index contributed by atoms with van der Waals surface area (Å²) in [6, 6.07) is 0. The first-order chi connectivity index (χ1) is 9.33. The zero-order valence-corrected chi connectivity index (χ0v) is 12.8. The maximum atomic E-state index is 10.9. The molecule has 0 amide bonds. The van der Waals surface area contributed by atoms with E-state index in [9.17, 15) is 8.42 Å². The maximum absolute atomic E-state index is 10.9. The van der Waals surface area contributed by atoms with Crippen LogP contribution >= 0.6 is 0 Å². The molecule has 114 valence electrons. The highest BCUT2D eigenvalue weighted by Crippen LogP contribution is 2.12. The second-order valence-corrected chi connectivity index (χ2v) is 6.97. The van der Waals surface area contributed by atoms with Gasteiger partial charge in [0.2, 0.25) is 15.9 Å². The van der Waals surface area contributed by atoms with E-state index < -0.39 is 10.0 Å². The zero-order chi connectivity index (χ0) is 14.8. The van der Waals surface area contributed by atoms with Crippen molar-refractivity contribution in [3.63, 3.8) is 0 Å². The summed E-state index contributed by atoms with van der Waals surface area (Å²) in [5, 5.41) is 5.01. The van der Waals surface area contributed by atoms with Crippen molar-refractivity contribution in [3.05, 3.63) is 17.3 Å². The first kappa shape index (κ1) is 15.4. The van der Waals surface area contributed by atoms with Gasteiger partial charge in [-0.25, -0.2) is 18.5 Å². The fourth-order valence-electron chi connectivity index (χ4n) is 2.23. The summed E-state index contributed by atoms with van der Waals surface area (Å²) < 4.78 is 27.4. The summed E-state index contributed by atoms with van der Waals surface area (Å²) in [5.41, 5.74) is 0.937. The number of aromatic nitrogens is 1. The molecule has 8 heteroatoms. The van der Waals surface area contributed by atoms with Crippen molar-refractivity contribution >= 4 is 10.0 Å². The highest BCUT2D eigenvalue weighted by atomic mass is 32.2. The number of primary sulfonamides is 1. The molecule has 1 aromatic rings. The lowest BCUT2D eigenvalue weighted by Crippen LogP contribution is -2.47. The molecule has 0 atom stereocenters. The Morgan fingerprint density at radius 2 is 1.80 bits per heavy atom. The Morgan fingerprint density at radius 1 is 1.20 bits per heavy atom. The van der Waals surface area contributed by atoms with Crippen LogP contribution in [-0.2, 0) is 16.6 Å². The average Bonchev–Trinajstić information content (AvgIpc) is 2.66. The van der Waals surface area contributed by atoms with Crippen LogP contribution in [0.15, 0.2) is 4.42 Å². The number of oxazole rings is 1. The van der Waals surface area contributed by atoms with Crippen LogP contribution in [0.5, 0.6) is 0 Å². The van der Waals surface area contributed by atoms with Gasteiger partial charge in [-0.05, 0) is 13.8 Å². The molecular formula is C12H22N4O3S. The van der Waals surface area contributed by atoms with E-state index in [-0.39, 0.29) is 5.75 Å². The lowest BCUT2D eigenvalue weighted by atomic mass is 10.3. The predicted octanol–water partition coefficient (Wildman–Crippen LogP) is -0.302. The first-order valence-electron chi connectivity index (χ1n) is 6.71. The third-order valence-corrected chi connectivity index (χ3v) is 4.34. The minimum absolute atomic E-state index is 0.0190. The zero-order valence-electron chi connectivity index (χ0n) is 12.0. The largest absolute Gasteiger partial charge is 0.444 e. The van der Waals surface area contributed by atoms with Gasteiger partial charge < -0.3 is 4.42 Å². The molecule has 0 saturated carbocycles. The van der Waals surface area contributed by atoms with Crippen LogP contribution in [0.2, 0.25) is 0 Å². The van der Waals surface area contributed by atoms with Crippen molar-refractivity contribution in [2.24, 2.45) is 5.14 Å². The second kappa shape index (κ2) is 6.21. The smallest absolute Gasteiger partial charge is 0.210 e. The van der Waals surface area contributed by atoms with Gasteiger partial charge in [0, 0.05) is 32.7 Å². The molecule has 0 aromatic carbocycles. The molecule has 1 fully saturated rings. The van der Waals surface area contributed by atoms with E-state index in [0.29, 0.717) is 13.1 Å². The van der Waals surface area contributed by atoms with Gasteiger partial charge in [-0.15, -0.1) is 0 Å². The summed E-state index contributed by atoms with van der Waals surface area (Å²) >= 11 is 0. The van der Waals surface area contributed by atoms with Crippen LogP contribution in [0.25, 0.3) is 0 Å². The number of hydrogen-bond acceptors (Lipinski definition) is 6. The Morgan fingerprint density at radius 3 is 2.30 bits per heavy atom. The summed E-state index contributed by atoms with van der Waals surface area (Å²) in [6.45, 7) is 8.50. The molecule has 2 rings (SSSR count). The Balaban J connectivity index is 1.77. The number of sulfonamides is 1. The molecule has 7 nitrogen and oxygen atoms in total. The number of hydrogen-bond donors (Lipinski definition) is 1. The van der Waals surface area contributed by atoms with Crippen LogP contribution in [0.1, 0.15) is 17.3 Å². The van der Waals surface area contributed by atoms with E-state index in [1.807, 2.05) is 13.8 Å². The van der Waals surface area contributed by atoms with Crippen molar-refractivity contribution in [2.45, 2.75) is 20.4 Å². The minimum Gasteiger partial charge on any atom is -0.444 e. The Labute approximate surface area is 119 Å². The fourth-order valence-corrected chi connectivity index (χ4v) is 2.74. The quantitative estimate of drug-likeness (QED) is 0.802. The van der Waals surface area contributed by atoms with Gasteiger partial charge in [-0.2, -0.15) is 0 Å². The molecule has 1 aliphatic heterocycles. The Hall–Kier alpha value is -0.960. The van der Waals surface area contributed by atoms with E-state index >= 15 is 0 Å². The van der Waals surface area contributed by atoms with Crippen molar-refractivity contribution in [2.75, 3.05) is 38.5 Å². The average molecular weight is 302 g/mol. The third-order valence-electron chi connectivity index (χ3n) is 3.59. The van der Waals surface area contributed by atoms with Crippen LogP contribution in [0.3, 0.4) is 0 Å². The molecule has 0 aliphatic carbocycles. The van der Waals surface area contributed by atoms with Gasteiger partial charge in [0.15, 0.2) is 0 Å². The predicted molar refractivity (Wildman–Crippen MR) is 75.7 cm³/mol. The number of nitrogens with zero attached hydrogens (tertiary/aromatic N) is 3. The molecule has 2 heterocycles. The molecule has 1 aliphatic rings. The van der Waals surface area contributed by atoms with Crippen molar-refractivity contribution in [1.82, 2.24) is 14.8 Å². The molecule has 20 heavy (non-hydrogen) atoms. The second-order valence-electron chi connectivity index (χ2n) is 5.23. The van der Waals surface area contributed by atoms with E-state index in [1.54, 1.807) is 0 Å². The molecule has 1 saturated heterocycles. The summed E-state index contributed by atoms with van der Waals surface area (Å²) in [7, 11) is -3.37. The number of piperazine rings is 1. The summed E-state index contributed by atoms with van der Waals surface area (Å²) in [4.78, 5) is 8.75. The topological polar surface area (TPSA) is 92.7 Å². The van der Waals surface area contributed by atoms with Crippen LogP contribution < -0.4 is 5.14 Å². The van der Waals surface area contributed by atoms with Gasteiger partial charge >= 0.3 is 0 Å². The maximum Gasteiger partial charge on any atom is 0.210 e. The highest BCUT2D eigenvalue weighted by molar-refractivity contribution is 7.89. The number of nitrogens with two attached hydrogens (primary N) is 1. The van der Waals surface area contributed by atoms with E-state index in [4.69, 9.17) is 9.56 Å². The summed E-state index contributed by atoms with van der Waals surface area (Å²) in [5.74, 6) is 1.63. The van der Waals surface area contributed by atoms with E-state index in [0.717, 1.165) is 43.5 Å². The first-order valence-corrected chi connectivity index (χ1v) is 8.43. The fraction of sp³-hybridized carbons (Fsp3) is 0.750. The number of aryl methyl sites for hydroxylation is 2. The van der Waals surface area contributed by atoms with Crippen LogP contribution in [0, 0.1) is 13.8 Å². The minimum atomic E-state index is -3.37. The molecule has 0 spiro atoms. The van der Waals surface area contributed by atoms with Crippen molar-refractivity contribution in [3.8, 4) is 0 Å². The van der Waals surface area contributed by atoms with Crippen LogP contribution in [-0.4, -0.2) is 61.7 Å². The SMILES string of the molecule is Cc1nc(CN2CCN(CCS(N)(=O)=O)CC2)oc1C. The Bertz CT molecular complexity index is 528. The van der Waals surface area contributed by atoms with E-state index in [1.165, 1.54) is 0 Å². The van der Waals surface area contributed by atoms with Gasteiger partial charge in [0.25, 0.3) is 0 Å². The van der Waals surface area contributed by atoms with E-state index in [2.05, 4.69) is 14.8 Å². The molecular weight excluding hydrogens is 280 g/mol. The molecule has 2 N–H and O–H groups in total. The number of rotatable bonds is 5.